The first kappa shape index (κ1) is 21.0. The molecule has 0 fully saturated rings. The van der Waals surface area contributed by atoms with E-state index in [1.807, 2.05) is 17.0 Å². The minimum absolute atomic E-state index is 0.0268. The first-order valence-electron chi connectivity index (χ1n) is 9.75. The summed E-state index contributed by atoms with van der Waals surface area (Å²) in [6.45, 7) is 3.83. The summed E-state index contributed by atoms with van der Waals surface area (Å²) in [7, 11) is 0. The van der Waals surface area contributed by atoms with E-state index < -0.39 is 0 Å². The zero-order valence-corrected chi connectivity index (χ0v) is 17.3. The van der Waals surface area contributed by atoms with Gasteiger partial charge in [-0.2, -0.15) is 4.37 Å². The third-order valence-corrected chi connectivity index (χ3v) is 5.21. The van der Waals surface area contributed by atoms with Crippen LogP contribution in [0.1, 0.15) is 43.3 Å². The van der Waals surface area contributed by atoms with Crippen LogP contribution in [-0.4, -0.2) is 28.4 Å². The maximum absolute atomic E-state index is 13.1. The first-order valence-corrected chi connectivity index (χ1v) is 10.5. The van der Waals surface area contributed by atoms with E-state index in [1.165, 1.54) is 23.7 Å². The Hall–Kier alpha value is -2.74. The average Bonchev–Trinajstić information content (AvgIpc) is 3.39. The van der Waals surface area contributed by atoms with E-state index in [4.69, 9.17) is 4.42 Å². The van der Waals surface area contributed by atoms with Crippen LogP contribution >= 0.6 is 11.5 Å². The lowest BCUT2D eigenvalue weighted by Gasteiger charge is -2.20. The Morgan fingerprint density at radius 2 is 2.10 bits per heavy atom. The summed E-state index contributed by atoms with van der Waals surface area (Å²) >= 11 is 1.29. The molecule has 0 unspecified atom stereocenters. The van der Waals surface area contributed by atoms with Gasteiger partial charge in [0.15, 0.2) is 0 Å². The Balaban J connectivity index is 1.64. The standard InChI is InChI=1S/C21H25FN4O2S/c1-2-3-11-23-20(27)10-12-26(15-18-5-4-13-28-18)21-24-19(25-29-21)14-16-6-8-17(22)9-7-16/h4-9,13H,2-3,10-12,14-15H2,1H3,(H,23,27). The minimum atomic E-state index is -0.262. The van der Waals surface area contributed by atoms with Crippen molar-refractivity contribution < 1.29 is 13.6 Å². The number of anilines is 1. The summed E-state index contributed by atoms with van der Waals surface area (Å²) in [5.41, 5.74) is 0.948. The molecule has 0 aliphatic heterocycles. The van der Waals surface area contributed by atoms with Crippen LogP contribution in [0, 0.1) is 5.82 Å². The number of carbonyl (C=O) groups excluding carboxylic acids is 1. The maximum atomic E-state index is 13.1. The molecule has 1 aromatic carbocycles. The number of nitrogens with zero attached hydrogens (tertiary/aromatic N) is 3. The van der Waals surface area contributed by atoms with Gasteiger partial charge in [-0.15, -0.1) is 0 Å². The molecule has 0 aliphatic rings. The molecule has 1 N–H and O–H groups in total. The van der Waals surface area contributed by atoms with Crippen molar-refractivity contribution in [1.82, 2.24) is 14.7 Å². The largest absolute Gasteiger partial charge is 0.467 e. The van der Waals surface area contributed by atoms with Crippen LogP contribution in [0.2, 0.25) is 0 Å². The second-order valence-electron chi connectivity index (χ2n) is 6.75. The van der Waals surface area contributed by atoms with Crippen molar-refractivity contribution in [2.45, 2.75) is 39.2 Å². The fourth-order valence-electron chi connectivity index (χ4n) is 2.79. The summed E-state index contributed by atoms with van der Waals surface area (Å²) < 4.78 is 23.0. The molecule has 29 heavy (non-hydrogen) atoms. The van der Waals surface area contributed by atoms with Gasteiger partial charge in [-0.25, -0.2) is 9.37 Å². The third-order valence-electron chi connectivity index (χ3n) is 4.39. The molecule has 1 amide bonds. The molecule has 6 nitrogen and oxygen atoms in total. The number of rotatable bonds is 11. The lowest BCUT2D eigenvalue weighted by atomic mass is 10.1. The maximum Gasteiger partial charge on any atom is 0.221 e. The Labute approximate surface area is 173 Å². The highest BCUT2D eigenvalue weighted by Gasteiger charge is 2.16. The molecule has 0 atom stereocenters. The van der Waals surface area contributed by atoms with Crippen molar-refractivity contribution in [2.24, 2.45) is 0 Å². The SMILES string of the molecule is CCCCNC(=O)CCN(Cc1ccco1)c1nc(Cc2ccc(F)cc2)ns1. The van der Waals surface area contributed by atoms with E-state index in [0.29, 0.717) is 38.3 Å². The smallest absolute Gasteiger partial charge is 0.221 e. The van der Waals surface area contributed by atoms with Crippen LogP contribution in [0.5, 0.6) is 0 Å². The van der Waals surface area contributed by atoms with Crippen molar-refractivity contribution in [2.75, 3.05) is 18.0 Å². The number of halogens is 1. The van der Waals surface area contributed by atoms with Crippen molar-refractivity contribution in [3.8, 4) is 0 Å². The van der Waals surface area contributed by atoms with Gasteiger partial charge in [-0.1, -0.05) is 25.5 Å². The molecule has 0 spiro atoms. The predicted molar refractivity (Wildman–Crippen MR) is 111 cm³/mol. The average molecular weight is 417 g/mol. The Kier molecular flexibility index (Phi) is 7.75. The summed E-state index contributed by atoms with van der Waals surface area (Å²) in [5, 5.41) is 3.68. The van der Waals surface area contributed by atoms with E-state index in [-0.39, 0.29) is 11.7 Å². The number of aromatic nitrogens is 2. The molecular weight excluding hydrogens is 391 g/mol. The Morgan fingerprint density at radius 3 is 2.83 bits per heavy atom. The minimum Gasteiger partial charge on any atom is -0.467 e. The van der Waals surface area contributed by atoms with Gasteiger partial charge in [0.1, 0.15) is 17.4 Å². The Morgan fingerprint density at radius 1 is 1.28 bits per heavy atom. The van der Waals surface area contributed by atoms with Gasteiger partial charge in [0, 0.05) is 37.5 Å². The van der Waals surface area contributed by atoms with E-state index in [1.54, 1.807) is 18.4 Å². The molecule has 3 rings (SSSR count). The first-order chi connectivity index (χ1) is 14.1. The topological polar surface area (TPSA) is 71.3 Å². The summed E-state index contributed by atoms with van der Waals surface area (Å²) in [6.07, 6.45) is 4.56. The van der Waals surface area contributed by atoms with Crippen LogP contribution in [0.25, 0.3) is 0 Å². The third kappa shape index (κ3) is 6.67. The summed E-state index contributed by atoms with van der Waals surface area (Å²) in [4.78, 5) is 18.7. The zero-order chi connectivity index (χ0) is 20.5. The molecule has 0 saturated heterocycles. The Bertz CT molecular complexity index is 880. The number of nitrogens with one attached hydrogen (secondary N) is 1. The van der Waals surface area contributed by atoms with E-state index in [9.17, 15) is 9.18 Å². The van der Waals surface area contributed by atoms with Crippen LogP contribution in [0.4, 0.5) is 9.52 Å². The molecule has 3 aromatic rings. The highest BCUT2D eigenvalue weighted by Crippen LogP contribution is 2.22. The molecule has 8 heteroatoms. The molecule has 0 aliphatic carbocycles. The molecule has 2 aromatic heterocycles. The van der Waals surface area contributed by atoms with E-state index in [2.05, 4.69) is 21.6 Å². The fourth-order valence-corrected chi connectivity index (χ4v) is 3.50. The van der Waals surface area contributed by atoms with Gasteiger partial charge in [0.05, 0.1) is 12.8 Å². The highest BCUT2D eigenvalue weighted by atomic mass is 32.1. The number of hydrogen-bond donors (Lipinski definition) is 1. The van der Waals surface area contributed by atoms with Crippen LogP contribution in [0.15, 0.2) is 47.1 Å². The van der Waals surface area contributed by atoms with Crippen LogP contribution < -0.4 is 10.2 Å². The van der Waals surface area contributed by atoms with Gasteiger partial charge < -0.3 is 14.6 Å². The monoisotopic (exact) mass is 416 g/mol. The second-order valence-corrected chi connectivity index (χ2v) is 7.48. The number of benzene rings is 1. The van der Waals surface area contributed by atoms with Crippen LogP contribution in [-0.2, 0) is 17.8 Å². The predicted octanol–water partition coefficient (Wildman–Crippen LogP) is 4.17. The lowest BCUT2D eigenvalue weighted by Crippen LogP contribution is -2.31. The van der Waals surface area contributed by atoms with Crippen molar-refractivity contribution in [1.29, 1.82) is 0 Å². The van der Waals surface area contributed by atoms with Crippen molar-refractivity contribution in [3.05, 3.63) is 65.6 Å². The number of carbonyl (C=O) groups is 1. The highest BCUT2D eigenvalue weighted by molar-refractivity contribution is 7.09. The molecule has 2 heterocycles. The quantitative estimate of drug-likeness (QED) is 0.475. The van der Waals surface area contributed by atoms with Gasteiger partial charge in [-0.3, -0.25) is 4.79 Å². The lowest BCUT2D eigenvalue weighted by molar-refractivity contribution is -0.120. The van der Waals surface area contributed by atoms with E-state index in [0.717, 1.165) is 29.3 Å². The fraction of sp³-hybridized carbons (Fsp3) is 0.381. The zero-order valence-electron chi connectivity index (χ0n) is 16.4. The second kappa shape index (κ2) is 10.7. The van der Waals surface area contributed by atoms with Gasteiger partial charge >= 0.3 is 0 Å². The molecule has 0 radical (unpaired) electrons. The van der Waals surface area contributed by atoms with Gasteiger partial charge in [-0.05, 0) is 36.2 Å². The van der Waals surface area contributed by atoms with Gasteiger partial charge in [0.2, 0.25) is 11.0 Å². The normalized spacial score (nSPS) is 10.8. The molecular formula is C21H25FN4O2S. The number of unbranched alkanes of at least 4 members (excludes halogenated alkanes) is 1. The number of furan rings is 1. The molecule has 0 saturated carbocycles. The molecule has 0 bridgehead atoms. The van der Waals surface area contributed by atoms with Crippen LogP contribution in [0.3, 0.4) is 0 Å². The summed E-state index contributed by atoms with van der Waals surface area (Å²) in [6, 6.07) is 10.1. The number of amides is 1. The van der Waals surface area contributed by atoms with Gasteiger partial charge in [0.25, 0.3) is 0 Å². The van der Waals surface area contributed by atoms with Crippen molar-refractivity contribution >= 4 is 22.6 Å². The molecule has 154 valence electrons. The van der Waals surface area contributed by atoms with Crippen molar-refractivity contribution in [3.63, 3.8) is 0 Å². The summed E-state index contributed by atoms with van der Waals surface area (Å²) in [5.74, 6) is 1.24. The number of hydrogen-bond acceptors (Lipinski definition) is 6. The van der Waals surface area contributed by atoms with E-state index >= 15 is 0 Å².